The predicted octanol–water partition coefficient (Wildman–Crippen LogP) is 3.22. The predicted molar refractivity (Wildman–Crippen MR) is 115 cm³/mol. The molecule has 1 aliphatic carbocycles. The van der Waals surface area contributed by atoms with E-state index in [0.29, 0.717) is 17.9 Å². The summed E-state index contributed by atoms with van der Waals surface area (Å²) in [4.78, 5) is 21.9. The Labute approximate surface area is 182 Å². The Hall–Kier alpha value is -3.43. The lowest BCUT2D eigenvalue weighted by Gasteiger charge is -2.30. The Kier molecular flexibility index (Phi) is 5.05. The van der Waals surface area contributed by atoms with Crippen LogP contribution in [0.2, 0.25) is 0 Å². The van der Waals surface area contributed by atoms with Crippen molar-refractivity contribution in [2.24, 2.45) is 11.0 Å². The number of carbonyl (C=O) groups is 1. The summed E-state index contributed by atoms with van der Waals surface area (Å²) in [5, 5.41) is 23.3. The molecule has 3 aromatic rings. The molecule has 0 radical (unpaired) electrons. The lowest BCUT2D eigenvalue weighted by Crippen LogP contribution is -2.42. The second-order valence-electron chi connectivity index (χ2n) is 7.38. The minimum absolute atomic E-state index is 0.145. The molecule has 3 aromatic heterocycles. The van der Waals surface area contributed by atoms with Crippen LogP contribution in [0, 0.1) is 12.8 Å². The maximum atomic E-state index is 13.4. The zero-order valence-electron chi connectivity index (χ0n) is 16.6. The largest absolute Gasteiger partial charge is 0.388 e. The van der Waals surface area contributed by atoms with E-state index in [1.54, 1.807) is 30.6 Å². The number of aromatic nitrogens is 3. The van der Waals surface area contributed by atoms with Gasteiger partial charge in [-0.25, -0.2) is 9.99 Å². The van der Waals surface area contributed by atoms with Gasteiger partial charge in [0.25, 0.3) is 5.91 Å². The average molecular weight is 433 g/mol. The topological polar surface area (TPSA) is 105 Å². The van der Waals surface area contributed by atoms with Crippen LogP contribution in [-0.4, -0.2) is 49.0 Å². The second kappa shape index (κ2) is 8.01. The van der Waals surface area contributed by atoms with E-state index < -0.39 is 6.10 Å². The molecule has 31 heavy (non-hydrogen) atoms. The van der Waals surface area contributed by atoms with Gasteiger partial charge in [-0.1, -0.05) is 35.5 Å². The van der Waals surface area contributed by atoms with Crippen LogP contribution in [0.25, 0.3) is 11.5 Å². The fourth-order valence-electron chi connectivity index (χ4n) is 3.79. The molecule has 156 valence electrons. The minimum atomic E-state index is -0.709. The Morgan fingerprint density at radius 2 is 2.19 bits per heavy atom. The number of aliphatic hydroxyl groups is 1. The summed E-state index contributed by atoms with van der Waals surface area (Å²) in [6.45, 7) is 1.90. The number of pyridine rings is 1. The number of carbonyl (C=O) groups excluding carboxylic acids is 1. The van der Waals surface area contributed by atoms with Gasteiger partial charge in [-0.2, -0.15) is 5.10 Å². The SMILES string of the molecule is Cc1nc(-c2cc(C(=O)N3N=C(c4cccnc4)CC3C3C=CC=CC3O)no2)cs1. The monoisotopic (exact) mass is 433 g/mol. The molecule has 0 fully saturated rings. The molecule has 1 aliphatic heterocycles. The highest BCUT2D eigenvalue weighted by atomic mass is 32.1. The number of hydrogen-bond acceptors (Lipinski definition) is 8. The van der Waals surface area contributed by atoms with Gasteiger partial charge < -0.3 is 9.63 Å². The van der Waals surface area contributed by atoms with Crippen LogP contribution >= 0.6 is 11.3 Å². The molecule has 9 heteroatoms. The van der Waals surface area contributed by atoms with Crippen molar-refractivity contribution in [2.45, 2.75) is 25.5 Å². The zero-order chi connectivity index (χ0) is 21.4. The molecule has 3 atom stereocenters. The van der Waals surface area contributed by atoms with E-state index in [4.69, 9.17) is 4.52 Å². The van der Waals surface area contributed by atoms with Crippen molar-refractivity contribution in [3.05, 3.63) is 76.5 Å². The van der Waals surface area contributed by atoms with Gasteiger partial charge >= 0.3 is 0 Å². The molecule has 5 rings (SSSR count). The summed E-state index contributed by atoms with van der Waals surface area (Å²) in [5.41, 5.74) is 2.36. The smallest absolute Gasteiger partial charge is 0.296 e. The van der Waals surface area contributed by atoms with E-state index in [0.717, 1.165) is 16.3 Å². The molecule has 0 spiro atoms. The highest BCUT2D eigenvalue weighted by molar-refractivity contribution is 7.09. The van der Waals surface area contributed by atoms with Crippen LogP contribution in [0.4, 0.5) is 0 Å². The van der Waals surface area contributed by atoms with Crippen molar-refractivity contribution in [3.8, 4) is 11.5 Å². The van der Waals surface area contributed by atoms with Gasteiger partial charge in [-0.15, -0.1) is 11.3 Å². The molecule has 0 saturated carbocycles. The Morgan fingerprint density at radius 1 is 1.32 bits per heavy atom. The van der Waals surface area contributed by atoms with E-state index in [-0.39, 0.29) is 23.6 Å². The summed E-state index contributed by atoms with van der Waals surface area (Å²) in [6, 6.07) is 4.96. The first-order chi connectivity index (χ1) is 15.1. The number of aryl methyl sites for hydroxylation is 1. The second-order valence-corrected chi connectivity index (χ2v) is 8.44. The van der Waals surface area contributed by atoms with Crippen LogP contribution in [-0.2, 0) is 0 Å². The van der Waals surface area contributed by atoms with Gasteiger partial charge in [-0.05, 0) is 13.0 Å². The third kappa shape index (κ3) is 3.73. The van der Waals surface area contributed by atoms with Crippen LogP contribution in [0.3, 0.4) is 0 Å². The number of allylic oxidation sites excluding steroid dienone is 2. The van der Waals surface area contributed by atoms with E-state index in [9.17, 15) is 9.90 Å². The third-order valence-corrected chi connectivity index (χ3v) is 6.11. The summed E-state index contributed by atoms with van der Waals surface area (Å²) < 4.78 is 5.37. The van der Waals surface area contributed by atoms with Gasteiger partial charge in [0.05, 0.1) is 22.9 Å². The van der Waals surface area contributed by atoms with Crippen LogP contribution in [0.1, 0.15) is 27.5 Å². The minimum Gasteiger partial charge on any atom is -0.388 e. The fraction of sp³-hybridized carbons (Fsp3) is 0.227. The zero-order valence-corrected chi connectivity index (χ0v) is 17.4. The third-order valence-electron chi connectivity index (χ3n) is 5.34. The summed E-state index contributed by atoms with van der Waals surface area (Å²) in [5.74, 6) is -0.249. The molecule has 8 nitrogen and oxygen atoms in total. The number of hydrazone groups is 1. The van der Waals surface area contributed by atoms with Gasteiger partial charge in [0.2, 0.25) is 0 Å². The molecule has 0 bridgehead atoms. The van der Waals surface area contributed by atoms with Gasteiger partial charge in [-0.3, -0.25) is 9.78 Å². The maximum Gasteiger partial charge on any atom is 0.296 e. The lowest BCUT2D eigenvalue weighted by molar-refractivity contribution is 0.0571. The molecular formula is C22H19N5O3S. The van der Waals surface area contributed by atoms with Crippen LogP contribution in [0.15, 0.2) is 69.9 Å². The Balaban J connectivity index is 1.48. The van der Waals surface area contributed by atoms with Crippen LogP contribution < -0.4 is 0 Å². The number of thiazole rings is 1. The molecule has 0 saturated heterocycles. The van der Waals surface area contributed by atoms with Crippen LogP contribution in [0.5, 0.6) is 0 Å². The van der Waals surface area contributed by atoms with E-state index in [1.807, 2.05) is 36.6 Å². The summed E-state index contributed by atoms with van der Waals surface area (Å²) >= 11 is 1.50. The number of rotatable bonds is 4. The van der Waals surface area contributed by atoms with Crippen molar-refractivity contribution >= 4 is 23.0 Å². The summed E-state index contributed by atoms with van der Waals surface area (Å²) in [7, 11) is 0. The van der Waals surface area contributed by atoms with Crippen molar-refractivity contribution in [2.75, 3.05) is 0 Å². The number of hydrogen-bond donors (Lipinski definition) is 1. The van der Waals surface area contributed by atoms with Gasteiger partial charge in [0, 0.05) is 41.7 Å². The van der Waals surface area contributed by atoms with Crippen molar-refractivity contribution < 1.29 is 14.4 Å². The van der Waals surface area contributed by atoms with Crippen molar-refractivity contribution in [1.82, 2.24) is 20.1 Å². The molecule has 0 aromatic carbocycles. The van der Waals surface area contributed by atoms with E-state index in [1.165, 1.54) is 16.3 Å². The van der Waals surface area contributed by atoms with Gasteiger partial charge in [0.1, 0.15) is 5.69 Å². The Morgan fingerprint density at radius 3 is 2.94 bits per heavy atom. The lowest BCUT2D eigenvalue weighted by atomic mass is 9.86. The molecule has 4 heterocycles. The van der Waals surface area contributed by atoms with E-state index >= 15 is 0 Å². The first kappa shape index (κ1) is 19.5. The van der Waals surface area contributed by atoms with Gasteiger partial charge in [0.15, 0.2) is 11.5 Å². The van der Waals surface area contributed by atoms with Crippen molar-refractivity contribution in [1.29, 1.82) is 0 Å². The fourth-order valence-corrected chi connectivity index (χ4v) is 4.40. The first-order valence-electron chi connectivity index (χ1n) is 9.84. The standard InChI is InChI=1S/C22H19N5O3S/c1-13-24-18(12-31-13)21-10-17(26-30-21)22(29)27-19(15-6-2-3-7-20(15)28)9-16(25-27)14-5-4-8-23-11-14/h2-8,10-12,15,19-20,28H,9H2,1H3. The number of aliphatic hydroxyl groups excluding tert-OH is 1. The molecule has 1 N–H and O–H groups in total. The summed E-state index contributed by atoms with van der Waals surface area (Å²) in [6.07, 6.45) is 10.5. The highest BCUT2D eigenvalue weighted by Crippen LogP contribution is 2.32. The molecular weight excluding hydrogens is 414 g/mol. The molecule has 2 aliphatic rings. The Bertz CT molecular complexity index is 1200. The first-order valence-corrected chi connectivity index (χ1v) is 10.7. The van der Waals surface area contributed by atoms with E-state index in [2.05, 4.69) is 20.2 Å². The maximum absolute atomic E-state index is 13.4. The van der Waals surface area contributed by atoms with Crippen molar-refractivity contribution in [3.63, 3.8) is 0 Å². The average Bonchev–Trinajstić information content (AvgIpc) is 3.53. The molecule has 1 amide bonds. The number of amides is 1. The quantitative estimate of drug-likeness (QED) is 0.677. The molecule has 3 unspecified atom stereocenters. The highest BCUT2D eigenvalue weighted by Gasteiger charge is 2.40. The normalized spacial score (nSPS) is 22.7. The number of nitrogens with zero attached hydrogens (tertiary/aromatic N) is 5.